The Balaban J connectivity index is 2.77. The van der Waals surface area contributed by atoms with Crippen LogP contribution in [0.4, 0.5) is 0 Å². The number of rotatable bonds is 4. The van der Waals surface area contributed by atoms with Gasteiger partial charge in [-0.1, -0.05) is 46.2 Å². The van der Waals surface area contributed by atoms with E-state index < -0.39 is 0 Å². The second kappa shape index (κ2) is 6.03. The quantitative estimate of drug-likeness (QED) is 0.760. The Morgan fingerprint density at radius 3 is 1.67 bits per heavy atom. The van der Waals surface area contributed by atoms with Crippen molar-refractivity contribution in [2.24, 2.45) is 0 Å². The van der Waals surface area contributed by atoms with E-state index in [1.807, 2.05) is 12.1 Å². The van der Waals surface area contributed by atoms with Crippen LogP contribution in [0.25, 0.3) is 0 Å². The highest BCUT2D eigenvalue weighted by atomic mass is 35.7. The van der Waals surface area contributed by atoms with Crippen LogP contribution in [-0.2, 0) is 11.5 Å². The fraction of sp³-hybridized carbons (Fsp3) is 0.250. The molecule has 0 aromatic heterocycles. The van der Waals surface area contributed by atoms with Gasteiger partial charge in [-0.25, -0.2) is 0 Å². The summed E-state index contributed by atoms with van der Waals surface area (Å²) in [5, 5.41) is 0. The van der Waals surface area contributed by atoms with E-state index in [2.05, 4.69) is 12.1 Å². The van der Waals surface area contributed by atoms with Crippen molar-refractivity contribution in [3.8, 4) is 0 Å². The largest absolute Gasteiger partial charge is 0.0619 e. The second-order valence-electron chi connectivity index (χ2n) is 2.28. The summed E-state index contributed by atoms with van der Waals surface area (Å²) in [6.07, 6.45) is 0. The van der Waals surface area contributed by atoms with E-state index in [9.17, 15) is 0 Å². The van der Waals surface area contributed by atoms with Crippen LogP contribution in [0.2, 0.25) is 0 Å². The van der Waals surface area contributed by atoms with Crippen LogP contribution in [0.1, 0.15) is 11.1 Å². The summed E-state index contributed by atoms with van der Waals surface area (Å²) < 4.78 is 0. The monoisotopic (exact) mass is 238 g/mol. The van der Waals surface area contributed by atoms with Crippen molar-refractivity contribution in [3.63, 3.8) is 0 Å². The van der Waals surface area contributed by atoms with Crippen molar-refractivity contribution in [1.29, 1.82) is 0 Å². The standard InChI is InChI=1S/C8H8Cl2S2/c9-11-5-7-3-1-2-4-8(7)6-12-10/h1-4H,5-6H2. The van der Waals surface area contributed by atoms with E-state index in [-0.39, 0.29) is 0 Å². The summed E-state index contributed by atoms with van der Waals surface area (Å²) in [7, 11) is 13.8. The van der Waals surface area contributed by atoms with Crippen molar-refractivity contribution in [3.05, 3.63) is 35.4 Å². The molecule has 0 aliphatic heterocycles. The minimum absolute atomic E-state index is 0.842. The first kappa shape index (κ1) is 10.6. The summed E-state index contributed by atoms with van der Waals surface area (Å²) in [5.41, 5.74) is 2.54. The van der Waals surface area contributed by atoms with E-state index in [1.54, 1.807) is 0 Å². The predicted molar refractivity (Wildman–Crippen MR) is 60.7 cm³/mol. The molecular formula is C8H8Cl2S2. The van der Waals surface area contributed by atoms with Crippen molar-refractivity contribution in [1.82, 2.24) is 0 Å². The molecule has 0 aliphatic rings. The fourth-order valence-electron chi connectivity index (χ4n) is 0.957. The van der Waals surface area contributed by atoms with Crippen LogP contribution in [0, 0.1) is 0 Å². The predicted octanol–water partition coefficient (Wildman–Crippen LogP) is 4.46. The van der Waals surface area contributed by atoms with Gasteiger partial charge in [0, 0.05) is 11.5 Å². The first-order valence-corrected chi connectivity index (χ1v) is 7.04. The van der Waals surface area contributed by atoms with Gasteiger partial charge in [0.05, 0.1) is 0 Å². The molecule has 0 unspecified atom stereocenters. The molecule has 4 heteroatoms. The van der Waals surface area contributed by atoms with Gasteiger partial charge in [0.2, 0.25) is 0 Å². The third-order valence-electron chi connectivity index (χ3n) is 1.54. The van der Waals surface area contributed by atoms with E-state index in [0.717, 1.165) is 11.5 Å². The lowest BCUT2D eigenvalue weighted by Crippen LogP contribution is -1.87. The van der Waals surface area contributed by atoms with Gasteiger partial charge in [0.15, 0.2) is 0 Å². The number of hydrogen-bond acceptors (Lipinski definition) is 2. The van der Waals surface area contributed by atoms with Gasteiger partial charge in [-0.15, -0.1) is 0 Å². The van der Waals surface area contributed by atoms with E-state index in [0.29, 0.717) is 0 Å². The van der Waals surface area contributed by atoms with Crippen LogP contribution in [-0.4, -0.2) is 0 Å². The minimum atomic E-state index is 0.842. The van der Waals surface area contributed by atoms with E-state index >= 15 is 0 Å². The van der Waals surface area contributed by atoms with Crippen LogP contribution in [0.5, 0.6) is 0 Å². The highest BCUT2D eigenvalue weighted by Crippen LogP contribution is 2.23. The highest BCUT2D eigenvalue weighted by molar-refractivity contribution is 8.20. The van der Waals surface area contributed by atoms with Crippen LogP contribution >= 0.6 is 43.3 Å². The lowest BCUT2D eigenvalue weighted by Gasteiger charge is -2.04. The topological polar surface area (TPSA) is 0 Å². The molecule has 0 nitrogen and oxygen atoms in total. The Labute approximate surface area is 90.0 Å². The van der Waals surface area contributed by atoms with Gasteiger partial charge in [-0.2, -0.15) is 0 Å². The molecule has 0 saturated carbocycles. The Bertz CT molecular complexity index is 215. The molecule has 0 amide bonds. The summed E-state index contributed by atoms with van der Waals surface area (Å²) in [6, 6.07) is 8.20. The Morgan fingerprint density at radius 2 is 1.33 bits per heavy atom. The molecule has 0 radical (unpaired) electrons. The van der Waals surface area contributed by atoms with Gasteiger partial charge >= 0.3 is 0 Å². The zero-order chi connectivity index (χ0) is 8.81. The first-order valence-electron chi connectivity index (χ1n) is 3.42. The molecule has 1 rings (SSSR count). The van der Waals surface area contributed by atoms with Crippen molar-refractivity contribution in [2.75, 3.05) is 0 Å². The molecule has 1 aromatic carbocycles. The Morgan fingerprint density at radius 1 is 0.917 bits per heavy atom. The van der Waals surface area contributed by atoms with Gasteiger partial charge in [0.25, 0.3) is 0 Å². The third-order valence-corrected chi connectivity index (χ3v) is 3.03. The molecule has 0 atom stereocenters. The average molecular weight is 239 g/mol. The van der Waals surface area contributed by atoms with Crippen molar-refractivity contribution < 1.29 is 0 Å². The molecule has 0 N–H and O–H groups in total. The summed E-state index contributed by atoms with van der Waals surface area (Å²) in [4.78, 5) is 0. The van der Waals surface area contributed by atoms with Gasteiger partial charge < -0.3 is 0 Å². The number of halogens is 2. The SMILES string of the molecule is ClSCc1ccccc1CSCl. The lowest BCUT2D eigenvalue weighted by atomic mass is 10.1. The lowest BCUT2D eigenvalue weighted by molar-refractivity contribution is 1.29. The average Bonchev–Trinajstić information content (AvgIpc) is 2.09. The molecule has 0 bridgehead atoms. The molecule has 0 spiro atoms. The third kappa shape index (κ3) is 3.09. The van der Waals surface area contributed by atoms with Gasteiger partial charge in [-0.3, -0.25) is 0 Å². The molecule has 0 fully saturated rings. The first-order chi connectivity index (χ1) is 5.88. The van der Waals surface area contributed by atoms with Crippen LogP contribution in [0.3, 0.4) is 0 Å². The maximum Gasteiger partial charge on any atom is 0.0340 e. The molecule has 0 heterocycles. The maximum absolute atomic E-state index is 5.59. The molecule has 0 aliphatic carbocycles. The summed E-state index contributed by atoms with van der Waals surface area (Å²) >= 11 is 0. The second-order valence-corrected chi connectivity index (χ2v) is 4.60. The number of hydrogen-bond donors (Lipinski definition) is 0. The number of benzene rings is 1. The Kier molecular flexibility index (Phi) is 5.32. The maximum atomic E-state index is 5.59. The van der Waals surface area contributed by atoms with Crippen LogP contribution in [0.15, 0.2) is 24.3 Å². The zero-order valence-electron chi connectivity index (χ0n) is 6.30. The highest BCUT2D eigenvalue weighted by Gasteiger charge is 2.00. The van der Waals surface area contributed by atoms with E-state index in [1.165, 1.54) is 33.1 Å². The minimum Gasteiger partial charge on any atom is -0.0619 e. The van der Waals surface area contributed by atoms with E-state index in [4.69, 9.17) is 21.4 Å². The zero-order valence-corrected chi connectivity index (χ0v) is 9.44. The molecular weight excluding hydrogens is 231 g/mol. The summed E-state index contributed by atoms with van der Waals surface area (Å²) in [6.45, 7) is 0. The summed E-state index contributed by atoms with van der Waals surface area (Å²) in [5.74, 6) is 1.68. The fourth-order valence-corrected chi connectivity index (χ4v) is 2.46. The Hall–Kier alpha value is 0.500. The normalized spacial score (nSPS) is 10.2. The smallest absolute Gasteiger partial charge is 0.0340 e. The van der Waals surface area contributed by atoms with Crippen LogP contribution < -0.4 is 0 Å². The van der Waals surface area contributed by atoms with Crippen molar-refractivity contribution in [2.45, 2.75) is 11.5 Å². The molecule has 0 saturated heterocycles. The molecule has 1 aromatic rings. The van der Waals surface area contributed by atoms with Crippen molar-refractivity contribution >= 4 is 43.3 Å². The van der Waals surface area contributed by atoms with Gasteiger partial charge in [-0.05, 0) is 32.5 Å². The molecule has 66 valence electrons. The van der Waals surface area contributed by atoms with Gasteiger partial charge in [0.1, 0.15) is 0 Å². The molecule has 12 heavy (non-hydrogen) atoms.